The molecule has 0 unspecified atom stereocenters. The first kappa shape index (κ1) is 35.9. The Balaban J connectivity index is 1.45. The molecule has 2 heterocycles. The zero-order valence-electron chi connectivity index (χ0n) is 29.9. The van der Waals surface area contributed by atoms with E-state index in [1.165, 1.54) is 15.4 Å². The first-order valence-electron chi connectivity index (χ1n) is 17.7. The first-order chi connectivity index (χ1) is 22.7. The van der Waals surface area contributed by atoms with Gasteiger partial charge in [-0.15, -0.1) is 0 Å². The molecule has 1 aliphatic heterocycles. The molecule has 0 aliphatic carbocycles. The Labute approximate surface area is 288 Å². The van der Waals surface area contributed by atoms with Crippen LogP contribution in [0.4, 0.5) is 5.69 Å². The number of hydrogen-bond donors (Lipinski definition) is 1. The molecule has 1 aromatic heterocycles. The first-order valence-corrected chi connectivity index (χ1v) is 19.1. The van der Waals surface area contributed by atoms with E-state index in [0.717, 1.165) is 47.7 Å². The minimum atomic E-state index is -3.69. The number of aliphatic hydroxyl groups is 1. The Morgan fingerprint density at radius 1 is 0.958 bits per heavy atom. The van der Waals surface area contributed by atoms with E-state index in [0.29, 0.717) is 42.5 Å². The van der Waals surface area contributed by atoms with Gasteiger partial charge >= 0.3 is 0 Å². The van der Waals surface area contributed by atoms with Gasteiger partial charge in [-0.25, -0.2) is 8.42 Å². The lowest BCUT2D eigenvalue weighted by Crippen LogP contribution is -2.44. The summed E-state index contributed by atoms with van der Waals surface area (Å²) in [6.45, 7) is 12.6. The molecule has 258 valence electrons. The number of anilines is 1. The quantitative estimate of drug-likeness (QED) is 0.136. The number of hydrogen-bond acceptors (Lipinski definition) is 4. The highest BCUT2D eigenvalue weighted by Gasteiger charge is 2.42. The number of carbonyl (C=O) groups excluding carboxylic acids is 1. The Morgan fingerprint density at radius 3 is 2.33 bits per heavy atom. The molecule has 4 aromatic rings. The molecule has 5 rings (SSSR count). The minimum Gasteiger partial charge on any atom is -0.393 e. The maximum Gasteiger partial charge on any atom is 0.241 e. The number of sulfonamides is 1. The van der Waals surface area contributed by atoms with Gasteiger partial charge in [-0.1, -0.05) is 87.4 Å². The van der Waals surface area contributed by atoms with Crippen molar-refractivity contribution in [3.05, 3.63) is 101 Å². The molecule has 0 bridgehead atoms. The van der Waals surface area contributed by atoms with Crippen LogP contribution in [0.25, 0.3) is 10.9 Å². The summed E-state index contributed by atoms with van der Waals surface area (Å²) in [6, 6.07) is 22.5. The van der Waals surface area contributed by atoms with E-state index in [1.54, 1.807) is 27.0 Å². The Bertz CT molecular complexity index is 1840. The molecule has 1 aliphatic rings. The summed E-state index contributed by atoms with van der Waals surface area (Å²) < 4.78 is 29.8. The molecule has 0 radical (unpaired) electrons. The summed E-state index contributed by atoms with van der Waals surface area (Å²) in [5.74, 6) is 0.580. The number of benzene rings is 3. The van der Waals surface area contributed by atoms with Gasteiger partial charge in [-0.3, -0.25) is 9.10 Å². The highest BCUT2D eigenvalue weighted by atomic mass is 32.2. The summed E-state index contributed by atoms with van der Waals surface area (Å²) in [5, 5.41) is 12.7. The number of aromatic nitrogens is 1. The number of ketones is 1. The van der Waals surface area contributed by atoms with Crippen LogP contribution < -0.4 is 4.31 Å². The van der Waals surface area contributed by atoms with Crippen LogP contribution in [0.2, 0.25) is 0 Å². The van der Waals surface area contributed by atoms with Crippen LogP contribution in [0.5, 0.6) is 0 Å². The van der Waals surface area contributed by atoms with Crippen molar-refractivity contribution >= 4 is 32.4 Å². The summed E-state index contributed by atoms with van der Waals surface area (Å²) >= 11 is 0. The van der Waals surface area contributed by atoms with E-state index in [1.807, 2.05) is 35.0 Å². The highest BCUT2D eigenvalue weighted by molar-refractivity contribution is 7.94. The third-order valence-corrected chi connectivity index (χ3v) is 12.9. The lowest BCUT2D eigenvalue weighted by Gasteiger charge is -2.29. The molecule has 0 spiro atoms. The summed E-state index contributed by atoms with van der Waals surface area (Å²) in [7, 11) is -2.09. The Hall–Kier alpha value is -3.42. The second-order valence-electron chi connectivity index (χ2n) is 15.1. The predicted octanol–water partition coefficient (Wildman–Crippen LogP) is 8.86. The second kappa shape index (κ2) is 14.6. The van der Waals surface area contributed by atoms with Crippen LogP contribution in [0, 0.1) is 18.8 Å². The largest absolute Gasteiger partial charge is 0.393 e. The molecule has 0 saturated heterocycles. The SMILES string of the molecule is CCc1cn2c3c(cc(C(=O)C[C@@H](Cc4ccccc4)[C@H](O)CC[C@H](CCC(C)C)c4cccc(C)c4)cc13)N(C)S(=O)(=O)C(C)(C)C2. The van der Waals surface area contributed by atoms with Crippen LogP contribution >= 0.6 is 0 Å². The van der Waals surface area contributed by atoms with Gasteiger partial charge in [-0.2, -0.15) is 0 Å². The molecule has 7 heteroatoms. The minimum absolute atomic E-state index is 0.0766. The standard InChI is InChI=1S/C41H54N2O4S/c1-8-31-26-43-27-41(5,6)48(46,47)42(7)37-24-35(23-36(31)40(37)43)39(45)25-34(22-30-14-10-9-11-15-30)38(44)20-19-32(18-17-28(2)3)33-16-12-13-29(4)21-33/h9-16,21,23-24,26,28,32,34,38,44H,8,17-20,22,25,27H2,1-7H3/t32-,34+,38+/m0/s1. The molecule has 48 heavy (non-hydrogen) atoms. The number of Topliss-reactive ketones (excluding diaryl/α,β-unsaturated/α-hetero) is 1. The zero-order valence-corrected chi connectivity index (χ0v) is 30.7. The van der Waals surface area contributed by atoms with Crippen molar-refractivity contribution in [2.75, 3.05) is 11.4 Å². The van der Waals surface area contributed by atoms with E-state index >= 15 is 0 Å². The summed E-state index contributed by atoms with van der Waals surface area (Å²) in [5.41, 5.74) is 6.62. The van der Waals surface area contributed by atoms with Gasteiger partial charge in [0.25, 0.3) is 0 Å². The van der Waals surface area contributed by atoms with Crippen LogP contribution in [-0.4, -0.2) is 41.8 Å². The molecular weight excluding hydrogens is 617 g/mol. The van der Waals surface area contributed by atoms with Crippen molar-refractivity contribution in [2.24, 2.45) is 11.8 Å². The normalized spacial score (nSPS) is 17.3. The van der Waals surface area contributed by atoms with Crippen LogP contribution in [0.1, 0.15) is 105 Å². The Kier molecular flexibility index (Phi) is 10.9. The molecule has 6 nitrogen and oxygen atoms in total. The average Bonchev–Trinajstić information content (AvgIpc) is 3.38. The monoisotopic (exact) mass is 670 g/mol. The molecule has 0 amide bonds. The van der Waals surface area contributed by atoms with Crippen LogP contribution in [-0.2, 0) is 29.4 Å². The van der Waals surface area contributed by atoms with Crippen LogP contribution in [0.3, 0.4) is 0 Å². The molecule has 0 saturated carbocycles. The Morgan fingerprint density at radius 2 is 1.67 bits per heavy atom. The number of carbonyl (C=O) groups is 1. The van der Waals surface area contributed by atoms with Gasteiger partial charge in [0, 0.05) is 37.2 Å². The zero-order chi connectivity index (χ0) is 34.8. The fourth-order valence-corrected chi connectivity index (χ4v) is 8.89. The van der Waals surface area contributed by atoms with E-state index in [2.05, 4.69) is 64.1 Å². The molecule has 3 atom stereocenters. The topological polar surface area (TPSA) is 79.6 Å². The molecule has 0 fully saturated rings. The van der Waals surface area contributed by atoms with Crippen molar-refractivity contribution in [1.29, 1.82) is 0 Å². The van der Waals surface area contributed by atoms with Crippen molar-refractivity contribution in [2.45, 2.75) is 110 Å². The van der Waals surface area contributed by atoms with Crippen molar-refractivity contribution in [1.82, 2.24) is 4.57 Å². The smallest absolute Gasteiger partial charge is 0.241 e. The van der Waals surface area contributed by atoms with E-state index in [-0.39, 0.29) is 18.1 Å². The van der Waals surface area contributed by atoms with Gasteiger partial charge in [0.2, 0.25) is 10.0 Å². The van der Waals surface area contributed by atoms with Gasteiger partial charge in [0.05, 0.1) is 17.3 Å². The van der Waals surface area contributed by atoms with E-state index in [4.69, 9.17) is 0 Å². The van der Waals surface area contributed by atoms with Crippen LogP contribution in [0.15, 0.2) is 72.9 Å². The van der Waals surface area contributed by atoms with Crippen molar-refractivity contribution in [3.8, 4) is 0 Å². The lowest BCUT2D eigenvalue weighted by molar-refractivity contribution is 0.0735. The van der Waals surface area contributed by atoms with Crippen molar-refractivity contribution < 1.29 is 18.3 Å². The average molecular weight is 671 g/mol. The van der Waals surface area contributed by atoms with Gasteiger partial charge < -0.3 is 9.67 Å². The highest BCUT2D eigenvalue weighted by Crippen LogP contribution is 2.40. The third-order valence-electron chi connectivity index (χ3n) is 10.4. The number of aryl methyl sites for hydroxylation is 2. The predicted molar refractivity (Wildman–Crippen MR) is 199 cm³/mol. The van der Waals surface area contributed by atoms with E-state index < -0.39 is 20.9 Å². The van der Waals surface area contributed by atoms with Gasteiger partial charge in [0.1, 0.15) is 4.75 Å². The number of rotatable bonds is 14. The van der Waals surface area contributed by atoms with E-state index in [9.17, 15) is 18.3 Å². The van der Waals surface area contributed by atoms with Gasteiger partial charge in [0.15, 0.2) is 5.78 Å². The molecular formula is C41H54N2O4S. The fraction of sp³-hybridized carbons (Fsp3) is 0.488. The summed E-state index contributed by atoms with van der Waals surface area (Å²) in [4.78, 5) is 14.3. The summed E-state index contributed by atoms with van der Waals surface area (Å²) in [6.07, 6.45) is 6.54. The maximum absolute atomic E-state index is 14.3. The maximum atomic E-state index is 14.3. The number of nitrogens with zero attached hydrogens (tertiary/aromatic N) is 2. The fourth-order valence-electron chi connectivity index (χ4n) is 7.45. The van der Waals surface area contributed by atoms with Crippen molar-refractivity contribution in [3.63, 3.8) is 0 Å². The number of aliphatic hydroxyl groups excluding tert-OH is 1. The third kappa shape index (κ3) is 7.58. The molecule has 1 N–H and O–H groups in total. The lowest BCUT2D eigenvalue weighted by atomic mass is 9.82. The van der Waals surface area contributed by atoms with Gasteiger partial charge in [-0.05, 0) is 99.5 Å². The second-order valence-corrected chi connectivity index (χ2v) is 17.7. The molecule has 3 aromatic carbocycles.